The molecule has 70 valence electrons. The summed E-state index contributed by atoms with van der Waals surface area (Å²) < 4.78 is 4.63. The Morgan fingerprint density at radius 1 is 1.38 bits per heavy atom. The van der Waals surface area contributed by atoms with Gasteiger partial charge in [0.1, 0.15) is 0 Å². The zero-order valence-electron chi connectivity index (χ0n) is 8.05. The maximum atomic E-state index is 11.3. The fourth-order valence-corrected chi connectivity index (χ4v) is 1.21. The molecule has 0 heterocycles. The molecular formula is C10H13NO2. The second kappa shape index (κ2) is 3.47. The van der Waals surface area contributed by atoms with Crippen LogP contribution in [0.4, 0.5) is 5.69 Å². The van der Waals surface area contributed by atoms with Crippen LogP contribution in [0.1, 0.15) is 21.5 Å². The van der Waals surface area contributed by atoms with Crippen molar-refractivity contribution in [3.63, 3.8) is 0 Å². The topological polar surface area (TPSA) is 52.3 Å². The van der Waals surface area contributed by atoms with E-state index in [0.29, 0.717) is 11.3 Å². The van der Waals surface area contributed by atoms with Crippen molar-refractivity contribution >= 4 is 11.7 Å². The van der Waals surface area contributed by atoms with Gasteiger partial charge in [-0.2, -0.15) is 0 Å². The van der Waals surface area contributed by atoms with Gasteiger partial charge in [-0.25, -0.2) is 4.79 Å². The van der Waals surface area contributed by atoms with E-state index < -0.39 is 0 Å². The van der Waals surface area contributed by atoms with Crippen molar-refractivity contribution in [2.45, 2.75) is 13.8 Å². The van der Waals surface area contributed by atoms with Crippen LogP contribution in [0.15, 0.2) is 12.1 Å². The monoisotopic (exact) mass is 179 g/mol. The van der Waals surface area contributed by atoms with Crippen molar-refractivity contribution in [1.29, 1.82) is 0 Å². The van der Waals surface area contributed by atoms with E-state index in [1.807, 2.05) is 19.9 Å². The molecule has 0 radical (unpaired) electrons. The zero-order chi connectivity index (χ0) is 10.0. The van der Waals surface area contributed by atoms with Crippen molar-refractivity contribution in [3.05, 3.63) is 28.8 Å². The second-order valence-corrected chi connectivity index (χ2v) is 2.96. The summed E-state index contributed by atoms with van der Waals surface area (Å²) in [5, 5.41) is 0. The minimum absolute atomic E-state index is 0.376. The SMILES string of the molecule is COC(=O)c1c(N)ccc(C)c1C. The van der Waals surface area contributed by atoms with Gasteiger partial charge in [-0.15, -0.1) is 0 Å². The van der Waals surface area contributed by atoms with Crippen LogP contribution in [-0.4, -0.2) is 13.1 Å². The predicted octanol–water partition coefficient (Wildman–Crippen LogP) is 1.67. The largest absolute Gasteiger partial charge is 0.465 e. The third-order valence-corrected chi connectivity index (χ3v) is 2.16. The Labute approximate surface area is 77.5 Å². The van der Waals surface area contributed by atoms with E-state index in [0.717, 1.165) is 11.1 Å². The molecule has 0 aliphatic rings. The lowest BCUT2D eigenvalue weighted by molar-refractivity contribution is 0.0601. The maximum absolute atomic E-state index is 11.3. The summed E-state index contributed by atoms with van der Waals surface area (Å²) in [6.45, 7) is 3.79. The van der Waals surface area contributed by atoms with Crippen LogP contribution in [0.25, 0.3) is 0 Å². The first-order valence-corrected chi connectivity index (χ1v) is 4.02. The Bertz CT molecular complexity index is 345. The summed E-state index contributed by atoms with van der Waals surface area (Å²) in [4.78, 5) is 11.3. The number of nitrogens with two attached hydrogens (primary N) is 1. The summed E-state index contributed by atoms with van der Waals surface area (Å²) >= 11 is 0. The van der Waals surface area contributed by atoms with Crippen LogP contribution in [-0.2, 0) is 4.74 Å². The summed E-state index contributed by atoms with van der Waals surface area (Å²) in [5.74, 6) is -0.376. The third kappa shape index (κ3) is 1.64. The Kier molecular flexibility index (Phi) is 2.56. The number of hydrogen-bond acceptors (Lipinski definition) is 3. The Balaban J connectivity index is 3.33. The van der Waals surface area contributed by atoms with Gasteiger partial charge >= 0.3 is 5.97 Å². The second-order valence-electron chi connectivity index (χ2n) is 2.96. The molecule has 0 bridgehead atoms. The van der Waals surface area contributed by atoms with Crippen LogP contribution in [0.5, 0.6) is 0 Å². The third-order valence-electron chi connectivity index (χ3n) is 2.16. The molecule has 0 amide bonds. The van der Waals surface area contributed by atoms with Crippen molar-refractivity contribution in [1.82, 2.24) is 0 Å². The predicted molar refractivity (Wildman–Crippen MR) is 51.7 cm³/mol. The van der Waals surface area contributed by atoms with Crippen molar-refractivity contribution in [2.24, 2.45) is 0 Å². The van der Waals surface area contributed by atoms with Gasteiger partial charge in [-0.05, 0) is 31.0 Å². The molecule has 0 unspecified atom stereocenters. The van der Waals surface area contributed by atoms with E-state index in [4.69, 9.17) is 5.73 Å². The van der Waals surface area contributed by atoms with Crippen molar-refractivity contribution in [3.8, 4) is 0 Å². The molecule has 0 atom stereocenters. The van der Waals surface area contributed by atoms with E-state index in [2.05, 4.69) is 4.74 Å². The van der Waals surface area contributed by atoms with E-state index in [9.17, 15) is 4.79 Å². The maximum Gasteiger partial charge on any atom is 0.340 e. The number of ether oxygens (including phenoxy) is 1. The van der Waals surface area contributed by atoms with E-state index >= 15 is 0 Å². The number of aryl methyl sites for hydroxylation is 1. The highest BCUT2D eigenvalue weighted by atomic mass is 16.5. The fourth-order valence-electron chi connectivity index (χ4n) is 1.21. The van der Waals surface area contributed by atoms with Crippen LogP contribution in [0.3, 0.4) is 0 Å². The Hall–Kier alpha value is -1.51. The highest BCUT2D eigenvalue weighted by Gasteiger charge is 2.13. The molecule has 3 heteroatoms. The number of methoxy groups -OCH3 is 1. The quantitative estimate of drug-likeness (QED) is 0.527. The summed E-state index contributed by atoms with van der Waals surface area (Å²) in [7, 11) is 1.35. The average molecular weight is 179 g/mol. The van der Waals surface area contributed by atoms with E-state index in [1.54, 1.807) is 6.07 Å². The molecule has 1 aromatic carbocycles. The highest BCUT2D eigenvalue weighted by Crippen LogP contribution is 2.20. The van der Waals surface area contributed by atoms with Gasteiger partial charge in [0.2, 0.25) is 0 Å². The molecule has 0 saturated carbocycles. The lowest BCUT2D eigenvalue weighted by Gasteiger charge is -2.09. The zero-order valence-corrected chi connectivity index (χ0v) is 8.05. The van der Waals surface area contributed by atoms with Gasteiger partial charge in [0.25, 0.3) is 0 Å². The number of nitrogen functional groups attached to an aromatic ring is 1. The van der Waals surface area contributed by atoms with Gasteiger partial charge in [0.05, 0.1) is 12.7 Å². The summed E-state index contributed by atoms with van der Waals surface area (Å²) in [6, 6.07) is 3.60. The fraction of sp³-hybridized carbons (Fsp3) is 0.300. The lowest BCUT2D eigenvalue weighted by atomic mass is 10.0. The van der Waals surface area contributed by atoms with Gasteiger partial charge in [0.15, 0.2) is 0 Å². The van der Waals surface area contributed by atoms with Crippen LogP contribution in [0.2, 0.25) is 0 Å². The summed E-state index contributed by atoms with van der Waals surface area (Å²) in [5.41, 5.74) is 8.53. The van der Waals surface area contributed by atoms with Crippen LogP contribution in [0, 0.1) is 13.8 Å². The standard InChI is InChI=1S/C10H13NO2/c1-6-4-5-8(11)9(7(6)2)10(12)13-3/h4-5H,11H2,1-3H3. The lowest BCUT2D eigenvalue weighted by Crippen LogP contribution is -2.08. The molecule has 0 aliphatic carbocycles. The molecule has 13 heavy (non-hydrogen) atoms. The molecular weight excluding hydrogens is 166 g/mol. The molecule has 0 fully saturated rings. The van der Waals surface area contributed by atoms with Crippen LogP contribution < -0.4 is 5.73 Å². The summed E-state index contributed by atoms with van der Waals surface area (Å²) in [6.07, 6.45) is 0. The number of benzene rings is 1. The highest BCUT2D eigenvalue weighted by molar-refractivity contribution is 5.96. The van der Waals surface area contributed by atoms with Gasteiger partial charge in [-0.1, -0.05) is 6.07 Å². The number of esters is 1. The van der Waals surface area contributed by atoms with Gasteiger partial charge in [0, 0.05) is 5.69 Å². The first-order chi connectivity index (χ1) is 6.07. The molecule has 1 rings (SSSR count). The Morgan fingerprint density at radius 3 is 2.54 bits per heavy atom. The first kappa shape index (κ1) is 9.58. The molecule has 3 nitrogen and oxygen atoms in total. The van der Waals surface area contributed by atoms with Crippen molar-refractivity contribution in [2.75, 3.05) is 12.8 Å². The van der Waals surface area contributed by atoms with E-state index in [1.165, 1.54) is 7.11 Å². The molecule has 1 aromatic rings. The normalized spacial score (nSPS) is 9.77. The van der Waals surface area contributed by atoms with Gasteiger partial charge in [-0.3, -0.25) is 0 Å². The Morgan fingerprint density at radius 2 is 2.00 bits per heavy atom. The molecule has 0 spiro atoms. The molecule has 0 saturated heterocycles. The number of carbonyl (C=O) groups is 1. The molecule has 0 aliphatic heterocycles. The number of hydrogen-bond donors (Lipinski definition) is 1. The molecule has 2 N–H and O–H groups in total. The van der Waals surface area contributed by atoms with E-state index in [-0.39, 0.29) is 5.97 Å². The van der Waals surface area contributed by atoms with Crippen molar-refractivity contribution < 1.29 is 9.53 Å². The van der Waals surface area contributed by atoms with Gasteiger partial charge < -0.3 is 10.5 Å². The minimum atomic E-state index is -0.376. The minimum Gasteiger partial charge on any atom is -0.465 e. The number of rotatable bonds is 1. The van der Waals surface area contributed by atoms with Crippen LogP contribution >= 0.6 is 0 Å². The molecule has 0 aromatic heterocycles. The first-order valence-electron chi connectivity index (χ1n) is 4.02. The number of anilines is 1. The average Bonchev–Trinajstić information content (AvgIpc) is 2.12. The number of carbonyl (C=O) groups excluding carboxylic acids is 1. The smallest absolute Gasteiger partial charge is 0.340 e.